The monoisotopic (exact) mass is 319 g/mol. The van der Waals surface area contributed by atoms with E-state index in [-0.39, 0.29) is 5.82 Å². The summed E-state index contributed by atoms with van der Waals surface area (Å²) in [7, 11) is 0. The summed E-state index contributed by atoms with van der Waals surface area (Å²) in [6.45, 7) is 0.571. The van der Waals surface area contributed by atoms with E-state index >= 15 is 0 Å². The number of carbonyl (C=O) groups is 1. The third kappa shape index (κ3) is 2.22. The molecule has 0 bridgehead atoms. The normalized spacial score (nSPS) is 11.2. The van der Waals surface area contributed by atoms with Crippen molar-refractivity contribution in [2.75, 3.05) is 0 Å². The maximum Gasteiger partial charge on any atom is 0.249 e. The lowest BCUT2D eigenvalue weighted by Gasteiger charge is -2.07. The molecule has 24 heavy (non-hydrogen) atoms. The zero-order valence-electron chi connectivity index (χ0n) is 12.7. The van der Waals surface area contributed by atoms with Crippen molar-refractivity contribution in [3.05, 3.63) is 77.9 Å². The van der Waals surface area contributed by atoms with Gasteiger partial charge in [0.1, 0.15) is 5.82 Å². The van der Waals surface area contributed by atoms with E-state index in [0.717, 1.165) is 16.6 Å². The number of carbonyl (C=O) groups excluding carboxylic acids is 1. The highest BCUT2D eigenvalue weighted by molar-refractivity contribution is 6.17. The Hall–Kier alpha value is -3.21. The summed E-state index contributed by atoms with van der Waals surface area (Å²) in [5, 5.41) is 1.37. The van der Waals surface area contributed by atoms with Gasteiger partial charge in [-0.05, 0) is 42.0 Å². The van der Waals surface area contributed by atoms with Crippen molar-refractivity contribution >= 4 is 27.7 Å². The van der Waals surface area contributed by atoms with E-state index in [0.29, 0.717) is 22.9 Å². The molecule has 118 valence electrons. The Balaban J connectivity index is 2.08. The first-order chi connectivity index (χ1) is 11.6. The van der Waals surface area contributed by atoms with Gasteiger partial charge in [0.05, 0.1) is 5.52 Å². The molecule has 4 rings (SSSR count). The van der Waals surface area contributed by atoms with Gasteiger partial charge in [-0.3, -0.25) is 9.78 Å². The van der Waals surface area contributed by atoms with E-state index in [9.17, 15) is 9.18 Å². The largest absolute Gasteiger partial charge is 0.366 e. The van der Waals surface area contributed by atoms with Crippen LogP contribution in [-0.4, -0.2) is 15.5 Å². The van der Waals surface area contributed by atoms with Crippen LogP contribution in [0.3, 0.4) is 0 Å². The predicted molar refractivity (Wildman–Crippen MR) is 91.3 cm³/mol. The van der Waals surface area contributed by atoms with Gasteiger partial charge in [-0.15, -0.1) is 0 Å². The number of rotatable bonds is 3. The molecule has 0 aliphatic heterocycles. The molecule has 4 nitrogen and oxygen atoms in total. The highest BCUT2D eigenvalue weighted by atomic mass is 19.1. The molecule has 0 saturated heterocycles. The lowest BCUT2D eigenvalue weighted by Crippen LogP contribution is -2.11. The van der Waals surface area contributed by atoms with Gasteiger partial charge in [-0.2, -0.15) is 0 Å². The van der Waals surface area contributed by atoms with Crippen molar-refractivity contribution in [2.24, 2.45) is 5.73 Å². The van der Waals surface area contributed by atoms with Crippen molar-refractivity contribution in [3.8, 4) is 0 Å². The summed E-state index contributed by atoms with van der Waals surface area (Å²) in [6.07, 6.45) is 3.51. The Bertz CT molecular complexity index is 1070. The molecule has 0 atom stereocenters. The number of hydrogen-bond acceptors (Lipinski definition) is 2. The molecule has 2 heterocycles. The molecule has 0 unspecified atom stereocenters. The topological polar surface area (TPSA) is 60.9 Å². The van der Waals surface area contributed by atoms with Gasteiger partial charge in [0.15, 0.2) is 0 Å². The number of pyridine rings is 1. The van der Waals surface area contributed by atoms with Crippen LogP contribution in [0.5, 0.6) is 0 Å². The van der Waals surface area contributed by atoms with Crippen LogP contribution in [-0.2, 0) is 6.54 Å². The summed E-state index contributed by atoms with van der Waals surface area (Å²) in [5.74, 6) is -0.868. The molecule has 0 aliphatic rings. The third-order valence-electron chi connectivity index (χ3n) is 4.18. The number of aromatic nitrogens is 2. The summed E-state index contributed by atoms with van der Waals surface area (Å²) >= 11 is 0. The second-order valence-electron chi connectivity index (χ2n) is 5.67. The molecule has 0 radical (unpaired) electrons. The molecule has 0 aliphatic carbocycles. The Labute approximate surface area is 137 Å². The zero-order chi connectivity index (χ0) is 16.7. The first kappa shape index (κ1) is 14.4. The van der Waals surface area contributed by atoms with Gasteiger partial charge in [0.25, 0.3) is 0 Å². The summed E-state index contributed by atoms with van der Waals surface area (Å²) in [4.78, 5) is 16.0. The molecule has 0 saturated carbocycles. The van der Waals surface area contributed by atoms with Crippen LogP contribution in [0.15, 0.2) is 60.9 Å². The zero-order valence-corrected chi connectivity index (χ0v) is 12.7. The number of nitrogens with zero attached hydrogens (tertiary/aromatic N) is 2. The standard InChI is InChI=1S/C19H14FN3O/c20-13-6-7-16-15(9-13)18-14(19(21)24)4-1-5-17(18)23(16)11-12-3-2-8-22-10-12/h1-10H,11H2,(H2,21,24). The summed E-state index contributed by atoms with van der Waals surface area (Å²) < 4.78 is 15.8. The van der Waals surface area contributed by atoms with Crippen LogP contribution >= 0.6 is 0 Å². The van der Waals surface area contributed by atoms with Gasteiger partial charge in [0.2, 0.25) is 5.91 Å². The Morgan fingerprint density at radius 3 is 2.75 bits per heavy atom. The first-order valence-corrected chi connectivity index (χ1v) is 7.54. The van der Waals surface area contributed by atoms with Gasteiger partial charge >= 0.3 is 0 Å². The number of primary amides is 1. The molecule has 0 spiro atoms. The number of benzene rings is 2. The van der Waals surface area contributed by atoms with Crippen molar-refractivity contribution in [1.82, 2.24) is 9.55 Å². The molecule has 5 heteroatoms. The summed E-state index contributed by atoms with van der Waals surface area (Å²) in [6, 6.07) is 13.8. The molecule has 1 amide bonds. The molecule has 2 N–H and O–H groups in total. The van der Waals surface area contributed by atoms with Crippen molar-refractivity contribution in [1.29, 1.82) is 0 Å². The van der Waals surface area contributed by atoms with Gasteiger partial charge in [0, 0.05) is 40.8 Å². The molecule has 2 aromatic heterocycles. The first-order valence-electron chi connectivity index (χ1n) is 7.54. The fourth-order valence-corrected chi connectivity index (χ4v) is 3.17. The van der Waals surface area contributed by atoms with Crippen molar-refractivity contribution in [2.45, 2.75) is 6.54 Å². The maximum absolute atomic E-state index is 13.8. The van der Waals surface area contributed by atoms with Crippen LogP contribution in [0.4, 0.5) is 4.39 Å². The van der Waals surface area contributed by atoms with E-state index in [4.69, 9.17) is 5.73 Å². The Morgan fingerprint density at radius 1 is 1.12 bits per heavy atom. The van der Waals surface area contributed by atoms with Crippen molar-refractivity contribution < 1.29 is 9.18 Å². The second-order valence-corrected chi connectivity index (χ2v) is 5.67. The van der Waals surface area contributed by atoms with E-state index in [1.807, 2.05) is 22.8 Å². The number of fused-ring (bicyclic) bond motifs is 3. The smallest absolute Gasteiger partial charge is 0.249 e. The van der Waals surface area contributed by atoms with E-state index in [2.05, 4.69) is 4.98 Å². The van der Waals surface area contributed by atoms with E-state index in [1.165, 1.54) is 12.1 Å². The number of amides is 1. The fourth-order valence-electron chi connectivity index (χ4n) is 3.17. The quantitative estimate of drug-likeness (QED) is 0.628. The molecule has 0 fully saturated rings. The van der Waals surface area contributed by atoms with E-state index in [1.54, 1.807) is 30.6 Å². The average Bonchev–Trinajstić information content (AvgIpc) is 2.89. The fraction of sp³-hybridized carbons (Fsp3) is 0.0526. The van der Waals surface area contributed by atoms with Crippen molar-refractivity contribution in [3.63, 3.8) is 0 Å². The SMILES string of the molecule is NC(=O)c1cccc2c1c1cc(F)ccc1n2Cc1cccnc1. The molecule has 4 aromatic rings. The Kier molecular flexibility index (Phi) is 3.27. The van der Waals surface area contributed by atoms with Gasteiger partial charge in [-0.25, -0.2) is 4.39 Å². The minimum atomic E-state index is -0.523. The minimum absolute atomic E-state index is 0.345. The maximum atomic E-state index is 13.8. The predicted octanol–water partition coefficient (Wildman–Crippen LogP) is 3.48. The average molecular weight is 319 g/mol. The highest BCUT2D eigenvalue weighted by Gasteiger charge is 2.17. The minimum Gasteiger partial charge on any atom is -0.366 e. The van der Waals surface area contributed by atoms with Gasteiger partial charge < -0.3 is 10.3 Å². The van der Waals surface area contributed by atoms with Crippen LogP contribution in [0.1, 0.15) is 15.9 Å². The number of hydrogen-bond donors (Lipinski definition) is 1. The second kappa shape index (κ2) is 5.45. The number of halogens is 1. The van der Waals surface area contributed by atoms with Crippen LogP contribution in [0, 0.1) is 5.82 Å². The Morgan fingerprint density at radius 2 is 2.00 bits per heavy atom. The van der Waals surface area contributed by atoms with Crippen LogP contribution in [0.2, 0.25) is 0 Å². The highest BCUT2D eigenvalue weighted by Crippen LogP contribution is 2.32. The third-order valence-corrected chi connectivity index (χ3v) is 4.18. The number of nitrogens with two attached hydrogens (primary N) is 1. The summed E-state index contributed by atoms with van der Waals surface area (Å²) in [5.41, 5.74) is 8.63. The molecular weight excluding hydrogens is 305 g/mol. The molecular formula is C19H14FN3O. The van der Waals surface area contributed by atoms with Crippen LogP contribution < -0.4 is 5.73 Å². The molecule has 2 aromatic carbocycles. The van der Waals surface area contributed by atoms with Crippen LogP contribution in [0.25, 0.3) is 21.8 Å². The van der Waals surface area contributed by atoms with Gasteiger partial charge in [-0.1, -0.05) is 12.1 Å². The lowest BCUT2D eigenvalue weighted by molar-refractivity contribution is 0.100. The lowest BCUT2D eigenvalue weighted by atomic mass is 10.1. The van der Waals surface area contributed by atoms with E-state index < -0.39 is 5.91 Å².